The second-order valence-corrected chi connectivity index (χ2v) is 6.97. The van der Waals surface area contributed by atoms with Gasteiger partial charge in [-0.25, -0.2) is 4.68 Å². The lowest BCUT2D eigenvalue weighted by Gasteiger charge is -2.26. The van der Waals surface area contributed by atoms with Crippen molar-refractivity contribution in [3.8, 4) is 17.1 Å². The van der Waals surface area contributed by atoms with Crippen LogP contribution >= 0.6 is 0 Å². The number of carbonyl (C=O) groups is 2. The topological polar surface area (TPSA) is 81.4 Å². The molecule has 0 saturated heterocycles. The summed E-state index contributed by atoms with van der Waals surface area (Å²) in [7, 11) is 3.56. The molecule has 1 aromatic carbocycles. The van der Waals surface area contributed by atoms with Crippen molar-refractivity contribution in [2.24, 2.45) is 7.05 Å². The van der Waals surface area contributed by atoms with Crippen LogP contribution < -0.4 is 15.0 Å². The van der Waals surface area contributed by atoms with Crippen molar-refractivity contribution in [3.63, 3.8) is 0 Å². The fourth-order valence-corrected chi connectivity index (χ4v) is 3.42. The van der Waals surface area contributed by atoms with Gasteiger partial charge in [-0.2, -0.15) is 5.10 Å². The van der Waals surface area contributed by atoms with E-state index in [2.05, 4.69) is 10.4 Å². The first-order chi connectivity index (χ1) is 14.0. The van der Waals surface area contributed by atoms with Crippen LogP contribution in [0.4, 0.5) is 5.82 Å². The van der Waals surface area contributed by atoms with Gasteiger partial charge in [-0.3, -0.25) is 14.5 Å². The Morgan fingerprint density at radius 3 is 2.72 bits per heavy atom. The van der Waals surface area contributed by atoms with Crippen molar-refractivity contribution in [2.45, 2.75) is 19.5 Å². The van der Waals surface area contributed by atoms with Crippen molar-refractivity contribution in [2.75, 3.05) is 18.6 Å². The number of aryl methyl sites for hydroxylation is 2. The SMILES string of the molecule is COc1ccc(CNC(=O)CN2C(=O)CCn3nc(-c4cccn4C)cc32)cc1. The van der Waals surface area contributed by atoms with Crippen LogP contribution in [-0.4, -0.2) is 39.8 Å². The number of nitrogens with zero attached hydrogens (tertiary/aromatic N) is 4. The van der Waals surface area contributed by atoms with Gasteiger partial charge in [0.2, 0.25) is 11.8 Å². The number of hydrogen-bond donors (Lipinski definition) is 1. The molecule has 0 unspecified atom stereocenters. The third-order valence-electron chi connectivity index (χ3n) is 5.03. The Balaban J connectivity index is 1.45. The minimum atomic E-state index is -0.218. The molecular formula is C21H23N5O3. The highest BCUT2D eigenvalue weighted by molar-refractivity contribution is 5.99. The molecule has 2 amide bonds. The molecule has 0 bridgehead atoms. The maximum absolute atomic E-state index is 12.5. The molecule has 0 spiro atoms. The smallest absolute Gasteiger partial charge is 0.240 e. The van der Waals surface area contributed by atoms with Gasteiger partial charge in [0.15, 0.2) is 0 Å². The Hall–Kier alpha value is -3.55. The maximum Gasteiger partial charge on any atom is 0.240 e. The zero-order chi connectivity index (χ0) is 20.4. The van der Waals surface area contributed by atoms with E-state index in [0.717, 1.165) is 22.7 Å². The highest BCUT2D eigenvalue weighted by Gasteiger charge is 2.28. The highest BCUT2D eigenvalue weighted by atomic mass is 16.5. The van der Waals surface area contributed by atoms with Crippen LogP contribution in [0.3, 0.4) is 0 Å². The van der Waals surface area contributed by atoms with E-state index in [-0.39, 0.29) is 18.4 Å². The molecule has 0 radical (unpaired) electrons. The summed E-state index contributed by atoms with van der Waals surface area (Å²) in [6.45, 7) is 0.870. The van der Waals surface area contributed by atoms with Gasteiger partial charge in [0, 0.05) is 32.3 Å². The Morgan fingerprint density at radius 2 is 2.03 bits per heavy atom. The van der Waals surface area contributed by atoms with E-state index in [1.807, 2.05) is 60.3 Å². The fourth-order valence-electron chi connectivity index (χ4n) is 3.42. The number of amides is 2. The fraction of sp³-hybridized carbons (Fsp3) is 0.286. The van der Waals surface area contributed by atoms with Crippen LogP contribution in [0, 0.1) is 0 Å². The van der Waals surface area contributed by atoms with Crippen LogP contribution in [0.5, 0.6) is 5.75 Å². The van der Waals surface area contributed by atoms with Gasteiger partial charge in [0.1, 0.15) is 23.8 Å². The largest absolute Gasteiger partial charge is 0.497 e. The molecule has 3 heterocycles. The Morgan fingerprint density at radius 1 is 1.24 bits per heavy atom. The summed E-state index contributed by atoms with van der Waals surface area (Å²) in [5.41, 5.74) is 2.70. The maximum atomic E-state index is 12.5. The molecule has 29 heavy (non-hydrogen) atoms. The summed E-state index contributed by atoms with van der Waals surface area (Å²) in [6, 6.07) is 13.3. The van der Waals surface area contributed by atoms with Gasteiger partial charge < -0.3 is 14.6 Å². The van der Waals surface area contributed by atoms with Crippen molar-refractivity contribution in [1.29, 1.82) is 0 Å². The van der Waals surface area contributed by atoms with Gasteiger partial charge in [-0.1, -0.05) is 12.1 Å². The average molecular weight is 393 g/mol. The minimum Gasteiger partial charge on any atom is -0.497 e. The quantitative estimate of drug-likeness (QED) is 0.694. The molecule has 8 nitrogen and oxygen atoms in total. The van der Waals surface area contributed by atoms with Crippen molar-refractivity contribution < 1.29 is 14.3 Å². The van der Waals surface area contributed by atoms with Crippen molar-refractivity contribution in [3.05, 3.63) is 54.2 Å². The monoisotopic (exact) mass is 393 g/mol. The molecule has 150 valence electrons. The first-order valence-electron chi connectivity index (χ1n) is 9.44. The van der Waals surface area contributed by atoms with Crippen molar-refractivity contribution >= 4 is 17.6 Å². The first kappa shape index (κ1) is 18.8. The number of ether oxygens (including phenoxy) is 1. The van der Waals surface area contributed by atoms with E-state index in [9.17, 15) is 9.59 Å². The number of benzene rings is 1. The normalized spacial score (nSPS) is 13.3. The molecule has 0 atom stereocenters. The van der Waals surface area contributed by atoms with E-state index in [1.165, 1.54) is 4.90 Å². The lowest BCUT2D eigenvalue weighted by Crippen LogP contribution is -2.44. The van der Waals surface area contributed by atoms with Crippen LogP contribution in [0.15, 0.2) is 48.7 Å². The van der Waals surface area contributed by atoms with E-state index < -0.39 is 0 Å². The minimum absolute atomic E-state index is 0.0345. The number of anilines is 1. The van der Waals surface area contributed by atoms with Crippen LogP contribution in [0.1, 0.15) is 12.0 Å². The van der Waals surface area contributed by atoms with Gasteiger partial charge >= 0.3 is 0 Å². The van der Waals surface area contributed by atoms with Gasteiger partial charge in [0.05, 0.1) is 19.3 Å². The van der Waals surface area contributed by atoms with Gasteiger partial charge in [-0.05, 0) is 29.8 Å². The number of carbonyl (C=O) groups excluding carboxylic acids is 2. The summed E-state index contributed by atoms with van der Waals surface area (Å²) in [6.07, 6.45) is 2.27. The molecular weight excluding hydrogens is 370 g/mol. The highest BCUT2D eigenvalue weighted by Crippen LogP contribution is 2.28. The standard InChI is InChI=1S/C21H23N5O3/c1-24-10-3-4-18(24)17-12-20-25(21(28)9-11-26(20)23-17)14-19(27)22-13-15-5-7-16(29-2)8-6-15/h3-8,10,12H,9,11,13-14H2,1-2H3,(H,22,27). The van der Waals surface area contributed by atoms with Gasteiger partial charge in [0.25, 0.3) is 0 Å². The summed E-state index contributed by atoms with van der Waals surface area (Å²) >= 11 is 0. The second-order valence-electron chi connectivity index (χ2n) is 6.97. The number of methoxy groups -OCH3 is 1. The van der Waals surface area contributed by atoms with E-state index in [0.29, 0.717) is 25.3 Å². The van der Waals surface area contributed by atoms with Crippen molar-refractivity contribution in [1.82, 2.24) is 19.7 Å². The molecule has 2 aromatic heterocycles. The Kier molecular flexibility index (Phi) is 5.07. The van der Waals surface area contributed by atoms with Gasteiger partial charge in [-0.15, -0.1) is 0 Å². The van der Waals surface area contributed by atoms with Crippen LogP contribution in [0.25, 0.3) is 11.4 Å². The van der Waals surface area contributed by atoms with E-state index in [1.54, 1.807) is 11.8 Å². The zero-order valence-electron chi connectivity index (χ0n) is 16.5. The number of hydrogen-bond acceptors (Lipinski definition) is 4. The lowest BCUT2D eigenvalue weighted by atomic mass is 10.2. The number of fused-ring (bicyclic) bond motifs is 1. The molecule has 4 rings (SSSR count). The molecule has 0 saturated carbocycles. The predicted octanol–water partition coefficient (Wildman–Crippen LogP) is 1.95. The number of nitrogens with one attached hydrogen (secondary N) is 1. The molecule has 1 aliphatic rings. The molecule has 1 aliphatic heterocycles. The summed E-state index contributed by atoms with van der Waals surface area (Å²) in [5.74, 6) is 1.12. The third-order valence-corrected chi connectivity index (χ3v) is 5.03. The number of aromatic nitrogens is 3. The van der Waals surface area contributed by atoms with E-state index >= 15 is 0 Å². The Bertz CT molecular complexity index is 1040. The van der Waals surface area contributed by atoms with E-state index in [4.69, 9.17) is 4.74 Å². The predicted molar refractivity (Wildman–Crippen MR) is 108 cm³/mol. The molecule has 8 heteroatoms. The van der Waals surface area contributed by atoms with Crippen LogP contribution in [0.2, 0.25) is 0 Å². The van der Waals surface area contributed by atoms with Crippen LogP contribution in [-0.2, 0) is 29.7 Å². The summed E-state index contributed by atoms with van der Waals surface area (Å²) in [5, 5.41) is 7.49. The molecule has 0 aliphatic carbocycles. The summed E-state index contributed by atoms with van der Waals surface area (Å²) in [4.78, 5) is 26.5. The lowest BCUT2D eigenvalue weighted by molar-refractivity contribution is -0.124. The first-order valence-corrected chi connectivity index (χ1v) is 9.44. The second kappa shape index (κ2) is 7.83. The summed E-state index contributed by atoms with van der Waals surface area (Å²) < 4.78 is 8.90. The zero-order valence-corrected chi connectivity index (χ0v) is 16.5. The molecule has 0 fully saturated rings. The third kappa shape index (κ3) is 3.87. The molecule has 3 aromatic rings. The number of rotatable bonds is 6. The average Bonchev–Trinajstić information content (AvgIpc) is 3.35. The Labute approximate surface area is 168 Å². The molecule has 1 N–H and O–H groups in total.